The monoisotopic (exact) mass is 295 g/mol. The fourth-order valence-corrected chi connectivity index (χ4v) is 2.93. The number of hydrogen-bond acceptors (Lipinski definition) is 3. The first-order chi connectivity index (χ1) is 10.1. The Kier molecular flexibility index (Phi) is 3.80. The van der Waals surface area contributed by atoms with Crippen molar-refractivity contribution in [2.24, 2.45) is 0 Å². The summed E-state index contributed by atoms with van der Waals surface area (Å²) in [6.07, 6.45) is -0.384. The minimum absolute atomic E-state index is 0.195. The number of piperazine rings is 1. The summed E-state index contributed by atoms with van der Waals surface area (Å²) in [6, 6.07) is 9.28. The number of halogens is 2. The van der Waals surface area contributed by atoms with Gasteiger partial charge in [-0.25, -0.2) is 8.78 Å². The van der Waals surface area contributed by atoms with Crippen molar-refractivity contribution in [3.63, 3.8) is 0 Å². The predicted octanol–water partition coefficient (Wildman–Crippen LogP) is 1.33. The van der Waals surface area contributed by atoms with Gasteiger partial charge in [-0.1, -0.05) is 18.2 Å². The standard InChI is InChI=1S/C15H19F2N3O/c16-15(17)10-13(18-11-15)14(21)20-8-6-19(7-9-20)12-4-2-1-3-5-12/h1-5,13,18H,6-11H2. The summed E-state index contributed by atoms with van der Waals surface area (Å²) >= 11 is 0. The van der Waals surface area contributed by atoms with Crippen molar-refractivity contribution < 1.29 is 13.6 Å². The Balaban J connectivity index is 1.55. The van der Waals surface area contributed by atoms with Crippen LogP contribution in [0.3, 0.4) is 0 Å². The molecule has 1 N–H and O–H groups in total. The van der Waals surface area contributed by atoms with Crippen LogP contribution < -0.4 is 10.2 Å². The van der Waals surface area contributed by atoms with Crippen LogP contribution in [0.1, 0.15) is 6.42 Å². The summed E-state index contributed by atoms with van der Waals surface area (Å²) in [5, 5.41) is 2.63. The Morgan fingerprint density at radius 1 is 1.14 bits per heavy atom. The second kappa shape index (κ2) is 5.60. The molecule has 1 aromatic carbocycles. The van der Waals surface area contributed by atoms with E-state index in [4.69, 9.17) is 0 Å². The molecule has 2 heterocycles. The van der Waals surface area contributed by atoms with Crippen molar-refractivity contribution in [1.82, 2.24) is 10.2 Å². The third-order valence-corrected chi connectivity index (χ3v) is 4.12. The molecular formula is C15H19F2N3O. The zero-order chi connectivity index (χ0) is 14.9. The number of carbonyl (C=O) groups excluding carboxylic acids is 1. The molecule has 4 nitrogen and oxygen atoms in total. The summed E-state index contributed by atoms with van der Waals surface area (Å²) in [7, 11) is 0. The first-order valence-corrected chi connectivity index (χ1v) is 7.25. The molecule has 0 aliphatic carbocycles. The number of carbonyl (C=O) groups is 1. The number of alkyl halides is 2. The predicted molar refractivity (Wildman–Crippen MR) is 76.6 cm³/mol. The van der Waals surface area contributed by atoms with E-state index in [9.17, 15) is 13.6 Å². The summed E-state index contributed by atoms with van der Waals surface area (Å²) < 4.78 is 26.3. The molecule has 1 unspecified atom stereocenters. The van der Waals surface area contributed by atoms with Crippen molar-refractivity contribution in [2.75, 3.05) is 37.6 Å². The van der Waals surface area contributed by atoms with E-state index in [1.165, 1.54) is 0 Å². The van der Waals surface area contributed by atoms with E-state index in [1.807, 2.05) is 30.3 Å². The van der Waals surface area contributed by atoms with Gasteiger partial charge in [-0.2, -0.15) is 0 Å². The fraction of sp³-hybridized carbons (Fsp3) is 0.533. The highest BCUT2D eigenvalue weighted by atomic mass is 19.3. The van der Waals surface area contributed by atoms with E-state index in [2.05, 4.69) is 10.2 Å². The number of amides is 1. The molecule has 0 spiro atoms. The van der Waals surface area contributed by atoms with Gasteiger partial charge in [-0.15, -0.1) is 0 Å². The molecule has 2 saturated heterocycles. The maximum Gasteiger partial charge on any atom is 0.262 e. The van der Waals surface area contributed by atoms with Crippen LogP contribution in [0.25, 0.3) is 0 Å². The molecule has 0 bridgehead atoms. The molecule has 114 valence electrons. The lowest BCUT2D eigenvalue weighted by Gasteiger charge is -2.37. The van der Waals surface area contributed by atoms with Crippen LogP contribution in [-0.4, -0.2) is 55.5 Å². The molecule has 1 amide bonds. The molecule has 6 heteroatoms. The van der Waals surface area contributed by atoms with Gasteiger partial charge >= 0.3 is 0 Å². The molecule has 0 saturated carbocycles. The van der Waals surface area contributed by atoms with Crippen molar-refractivity contribution in [3.05, 3.63) is 30.3 Å². The first-order valence-electron chi connectivity index (χ1n) is 7.25. The van der Waals surface area contributed by atoms with Crippen molar-refractivity contribution in [1.29, 1.82) is 0 Å². The molecule has 2 aliphatic rings. The van der Waals surface area contributed by atoms with Gasteiger partial charge in [0.05, 0.1) is 12.6 Å². The van der Waals surface area contributed by atoms with Gasteiger partial charge in [-0.3, -0.25) is 10.1 Å². The number of rotatable bonds is 2. The number of nitrogens with one attached hydrogen (secondary N) is 1. The third-order valence-electron chi connectivity index (χ3n) is 4.12. The van der Waals surface area contributed by atoms with Gasteiger partial charge < -0.3 is 9.80 Å². The SMILES string of the molecule is O=C(C1CC(F)(F)CN1)N1CCN(c2ccccc2)CC1. The van der Waals surface area contributed by atoms with E-state index in [0.29, 0.717) is 13.1 Å². The van der Waals surface area contributed by atoms with E-state index >= 15 is 0 Å². The molecular weight excluding hydrogens is 276 g/mol. The number of hydrogen-bond donors (Lipinski definition) is 1. The molecule has 3 rings (SSSR count). The highest BCUT2D eigenvalue weighted by molar-refractivity contribution is 5.82. The quantitative estimate of drug-likeness (QED) is 0.894. The maximum atomic E-state index is 13.2. The molecule has 1 aromatic rings. The Labute approximate surface area is 122 Å². The van der Waals surface area contributed by atoms with Crippen LogP contribution in [0.15, 0.2) is 30.3 Å². The number of benzene rings is 1. The minimum atomic E-state index is -2.76. The minimum Gasteiger partial charge on any atom is -0.368 e. The summed E-state index contributed by atoms with van der Waals surface area (Å²) in [5.74, 6) is -2.95. The van der Waals surface area contributed by atoms with Crippen LogP contribution in [0.2, 0.25) is 0 Å². The Morgan fingerprint density at radius 2 is 1.81 bits per heavy atom. The summed E-state index contributed by atoms with van der Waals surface area (Å²) in [5.41, 5.74) is 1.13. The molecule has 1 atom stereocenters. The Morgan fingerprint density at radius 3 is 2.38 bits per heavy atom. The van der Waals surface area contributed by atoms with Gasteiger partial charge in [0.25, 0.3) is 5.92 Å². The van der Waals surface area contributed by atoms with Gasteiger partial charge in [0.15, 0.2) is 0 Å². The van der Waals surface area contributed by atoms with Gasteiger partial charge in [0, 0.05) is 38.3 Å². The molecule has 0 radical (unpaired) electrons. The van der Waals surface area contributed by atoms with Crippen molar-refractivity contribution >= 4 is 11.6 Å². The van der Waals surface area contributed by atoms with Crippen LogP contribution in [0.5, 0.6) is 0 Å². The lowest BCUT2D eigenvalue weighted by atomic mass is 10.1. The molecule has 2 aliphatic heterocycles. The number of para-hydroxylation sites is 1. The summed E-state index contributed by atoms with van der Waals surface area (Å²) in [4.78, 5) is 16.1. The van der Waals surface area contributed by atoms with Crippen LogP contribution in [-0.2, 0) is 4.79 Å². The second-order valence-electron chi connectivity index (χ2n) is 5.64. The van der Waals surface area contributed by atoms with Crippen LogP contribution in [0.4, 0.5) is 14.5 Å². The molecule has 0 aromatic heterocycles. The van der Waals surface area contributed by atoms with Gasteiger partial charge in [0.2, 0.25) is 5.91 Å². The normalized spacial score (nSPS) is 25.1. The molecule has 21 heavy (non-hydrogen) atoms. The summed E-state index contributed by atoms with van der Waals surface area (Å²) in [6.45, 7) is 2.24. The van der Waals surface area contributed by atoms with Crippen LogP contribution in [0, 0.1) is 0 Å². The van der Waals surface area contributed by atoms with Gasteiger partial charge in [0.1, 0.15) is 0 Å². The van der Waals surface area contributed by atoms with E-state index in [-0.39, 0.29) is 12.3 Å². The Bertz CT molecular complexity index is 501. The Hall–Kier alpha value is -1.69. The topological polar surface area (TPSA) is 35.6 Å². The maximum absolute atomic E-state index is 13.2. The van der Waals surface area contributed by atoms with E-state index < -0.39 is 18.5 Å². The van der Waals surface area contributed by atoms with Crippen molar-refractivity contribution in [3.8, 4) is 0 Å². The second-order valence-corrected chi connectivity index (χ2v) is 5.64. The zero-order valence-corrected chi connectivity index (χ0v) is 11.8. The van der Waals surface area contributed by atoms with Crippen LogP contribution >= 0.6 is 0 Å². The molecule has 2 fully saturated rings. The average Bonchev–Trinajstić information content (AvgIpc) is 2.88. The van der Waals surface area contributed by atoms with Crippen molar-refractivity contribution in [2.45, 2.75) is 18.4 Å². The third kappa shape index (κ3) is 3.15. The fourth-order valence-electron chi connectivity index (χ4n) is 2.93. The number of nitrogens with zero attached hydrogens (tertiary/aromatic N) is 2. The highest BCUT2D eigenvalue weighted by Gasteiger charge is 2.43. The first kappa shape index (κ1) is 14.3. The average molecular weight is 295 g/mol. The zero-order valence-electron chi connectivity index (χ0n) is 11.8. The smallest absolute Gasteiger partial charge is 0.262 e. The highest BCUT2D eigenvalue weighted by Crippen LogP contribution is 2.26. The lowest BCUT2D eigenvalue weighted by molar-refractivity contribution is -0.134. The van der Waals surface area contributed by atoms with Gasteiger partial charge in [-0.05, 0) is 12.1 Å². The number of anilines is 1. The van der Waals surface area contributed by atoms with E-state index in [0.717, 1.165) is 18.8 Å². The largest absolute Gasteiger partial charge is 0.368 e. The lowest BCUT2D eigenvalue weighted by Crippen LogP contribution is -2.53. The van der Waals surface area contributed by atoms with E-state index in [1.54, 1.807) is 4.90 Å².